The van der Waals surface area contributed by atoms with E-state index in [1.54, 1.807) is 0 Å². The van der Waals surface area contributed by atoms with Gasteiger partial charge in [-0.1, -0.05) is 30.3 Å². The molecule has 2 aromatic rings. The van der Waals surface area contributed by atoms with E-state index in [9.17, 15) is 0 Å². The lowest BCUT2D eigenvalue weighted by Gasteiger charge is -2.32. The quantitative estimate of drug-likeness (QED) is 0.850. The maximum atomic E-state index is 5.96. The summed E-state index contributed by atoms with van der Waals surface area (Å²) in [5.74, 6) is 2.84. The zero-order valence-electron chi connectivity index (χ0n) is 14.4. The van der Waals surface area contributed by atoms with E-state index >= 15 is 0 Å². The van der Waals surface area contributed by atoms with Crippen LogP contribution in [0.1, 0.15) is 54.9 Å². The molecule has 0 radical (unpaired) electrons. The van der Waals surface area contributed by atoms with Crippen molar-refractivity contribution in [3.8, 4) is 0 Å². The molecule has 2 fully saturated rings. The Bertz CT molecular complexity index is 670. The van der Waals surface area contributed by atoms with Crippen LogP contribution in [0.15, 0.2) is 30.3 Å². The first-order valence-electron chi connectivity index (χ1n) is 9.12. The lowest BCUT2D eigenvalue weighted by Crippen LogP contribution is -2.36. The molecule has 2 N–H and O–H groups in total. The SMILES string of the molecule is CN(CCc1ccccc1)Cc1nnc(C2CC(N)C2)n1C1CC1. The van der Waals surface area contributed by atoms with Crippen LogP contribution in [0.5, 0.6) is 0 Å². The number of rotatable bonds is 7. The zero-order chi connectivity index (χ0) is 16.5. The minimum Gasteiger partial charge on any atom is -0.328 e. The Kier molecular flexibility index (Phi) is 4.37. The summed E-state index contributed by atoms with van der Waals surface area (Å²) in [6, 6.07) is 11.7. The van der Waals surface area contributed by atoms with Gasteiger partial charge in [0, 0.05) is 24.5 Å². The van der Waals surface area contributed by atoms with Gasteiger partial charge in [0.25, 0.3) is 0 Å². The van der Waals surface area contributed by atoms with Gasteiger partial charge in [0.05, 0.1) is 6.54 Å². The lowest BCUT2D eigenvalue weighted by molar-refractivity contribution is 0.307. The van der Waals surface area contributed by atoms with Crippen molar-refractivity contribution in [1.82, 2.24) is 19.7 Å². The molecule has 5 heteroatoms. The molecule has 4 rings (SSSR count). The summed E-state index contributed by atoms with van der Waals surface area (Å²) in [7, 11) is 2.17. The van der Waals surface area contributed by atoms with Crippen molar-refractivity contribution in [2.75, 3.05) is 13.6 Å². The Morgan fingerprint density at radius 1 is 1.17 bits per heavy atom. The normalized spacial score (nSPS) is 23.5. The Morgan fingerprint density at radius 3 is 2.58 bits per heavy atom. The fourth-order valence-electron chi connectivity index (χ4n) is 3.61. The molecule has 2 aliphatic carbocycles. The van der Waals surface area contributed by atoms with Crippen LogP contribution >= 0.6 is 0 Å². The number of nitrogens with two attached hydrogens (primary N) is 1. The number of nitrogens with zero attached hydrogens (tertiary/aromatic N) is 4. The molecule has 0 unspecified atom stereocenters. The van der Waals surface area contributed by atoms with Gasteiger partial charge in [-0.3, -0.25) is 4.90 Å². The van der Waals surface area contributed by atoms with Gasteiger partial charge in [-0.05, 0) is 44.7 Å². The third-order valence-electron chi connectivity index (χ3n) is 5.28. The van der Waals surface area contributed by atoms with E-state index in [4.69, 9.17) is 5.73 Å². The molecule has 128 valence electrons. The summed E-state index contributed by atoms with van der Waals surface area (Å²) in [4.78, 5) is 2.35. The van der Waals surface area contributed by atoms with Gasteiger partial charge in [0.2, 0.25) is 0 Å². The number of hydrogen-bond acceptors (Lipinski definition) is 4. The van der Waals surface area contributed by atoms with Crippen molar-refractivity contribution in [1.29, 1.82) is 0 Å². The summed E-state index contributed by atoms with van der Waals surface area (Å²) in [5, 5.41) is 9.07. The standard InChI is InChI=1S/C19H27N5/c1-23(10-9-14-5-3-2-4-6-14)13-18-21-22-19(15-11-16(20)12-15)24(18)17-7-8-17/h2-6,15-17H,7-13,20H2,1H3. The highest BCUT2D eigenvalue weighted by Crippen LogP contribution is 2.42. The second-order valence-corrected chi connectivity index (χ2v) is 7.48. The van der Waals surface area contributed by atoms with Crippen LogP contribution in [0, 0.1) is 0 Å². The molecule has 0 atom stereocenters. The van der Waals surface area contributed by atoms with Crippen LogP contribution in [0.3, 0.4) is 0 Å². The molecule has 1 aromatic heterocycles. The van der Waals surface area contributed by atoms with Gasteiger partial charge in [0.1, 0.15) is 11.6 Å². The van der Waals surface area contributed by atoms with Crippen LogP contribution in [0.2, 0.25) is 0 Å². The van der Waals surface area contributed by atoms with Crippen molar-refractivity contribution in [2.45, 2.75) is 56.7 Å². The predicted molar refractivity (Wildman–Crippen MR) is 94.7 cm³/mol. The van der Waals surface area contributed by atoms with E-state index in [1.165, 1.54) is 24.2 Å². The van der Waals surface area contributed by atoms with E-state index in [0.717, 1.165) is 38.2 Å². The van der Waals surface area contributed by atoms with Crippen molar-refractivity contribution >= 4 is 0 Å². The Labute approximate surface area is 143 Å². The summed E-state index contributed by atoms with van der Waals surface area (Å²) >= 11 is 0. The molecule has 2 saturated carbocycles. The van der Waals surface area contributed by atoms with E-state index in [2.05, 4.69) is 57.0 Å². The molecule has 2 aliphatic rings. The first-order valence-corrected chi connectivity index (χ1v) is 9.12. The van der Waals surface area contributed by atoms with Crippen LogP contribution in [0.4, 0.5) is 0 Å². The first kappa shape index (κ1) is 15.8. The summed E-state index contributed by atoms with van der Waals surface area (Å²) in [6.07, 6.45) is 5.73. The largest absolute Gasteiger partial charge is 0.328 e. The Hall–Kier alpha value is -1.72. The van der Waals surface area contributed by atoms with E-state index in [0.29, 0.717) is 18.0 Å². The molecule has 1 aromatic carbocycles. The average Bonchev–Trinajstić information content (AvgIpc) is 3.32. The molecular weight excluding hydrogens is 298 g/mol. The van der Waals surface area contributed by atoms with Crippen LogP contribution in [-0.2, 0) is 13.0 Å². The molecule has 24 heavy (non-hydrogen) atoms. The molecule has 0 aliphatic heterocycles. The smallest absolute Gasteiger partial charge is 0.147 e. The van der Waals surface area contributed by atoms with E-state index in [1.807, 2.05) is 0 Å². The van der Waals surface area contributed by atoms with Gasteiger partial charge < -0.3 is 10.3 Å². The van der Waals surface area contributed by atoms with Gasteiger partial charge >= 0.3 is 0 Å². The first-order chi connectivity index (χ1) is 11.7. The third-order valence-corrected chi connectivity index (χ3v) is 5.28. The molecule has 5 nitrogen and oxygen atoms in total. The Morgan fingerprint density at radius 2 is 1.92 bits per heavy atom. The van der Waals surface area contributed by atoms with Crippen molar-refractivity contribution in [2.24, 2.45) is 5.73 Å². The molecule has 0 amide bonds. The highest BCUT2D eigenvalue weighted by molar-refractivity contribution is 5.15. The number of hydrogen-bond donors (Lipinski definition) is 1. The maximum Gasteiger partial charge on any atom is 0.147 e. The topological polar surface area (TPSA) is 60.0 Å². The summed E-state index contributed by atoms with van der Waals surface area (Å²) < 4.78 is 2.43. The highest BCUT2D eigenvalue weighted by Gasteiger charge is 2.36. The minimum absolute atomic E-state index is 0.358. The summed E-state index contributed by atoms with van der Waals surface area (Å²) in [5.41, 5.74) is 7.35. The van der Waals surface area contributed by atoms with Crippen molar-refractivity contribution < 1.29 is 0 Å². The predicted octanol–water partition coefficient (Wildman–Crippen LogP) is 2.49. The van der Waals surface area contributed by atoms with Gasteiger partial charge in [-0.15, -0.1) is 10.2 Å². The van der Waals surface area contributed by atoms with Crippen LogP contribution in [0.25, 0.3) is 0 Å². The second-order valence-electron chi connectivity index (χ2n) is 7.48. The van der Waals surface area contributed by atoms with Crippen molar-refractivity contribution in [3.63, 3.8) is 0 Å². The van der Waals surface area contributed by atoms with E-state index < -0.39 is 0 Å². The molecular formula is C19H27N5. The van der Waals surface area contributed by atoms with Gasteiger partial charge in [-0.2, -0.15) is 0 Å². The third kappa shape index (κ3) is 3.37. The van der Waals surface area contributed by atoms with Gasteiger partial charge in [0.15, 0.2) is 0 Å². The second kappa shape index (κ2) is 6.65. The molecule has 0 saturated heterocycles. The molecule has 0 spiro atoms. The Balaban J connectivity index is 1.40. The molecule has 1 heterocycles. The van der Waals surface area contributed by atoms with Crippen molar-refractivity contribution in [3.05, 3.63) is 47.5 Å². The lowest BCUT2D eigenvalue weighted by atomic mass is 9.80. The maximum absolute atomic E-state index is 5.96. The zero-order valence-corrected chi connectivity index (χ0v) is 14.4. The fourth-order valence-corrected chi connectivity index (χ4v) is 3.61. The number of aromatic nitrogens is 3. The monoisotopic (exact) mass is 325 g/mol. The summed E-state index contributed by atoms with van der Waals surface area (Å²) in [6.45, 7) is 1.90. The average molecular weight is 325 g/mol. The van der Waals surface area contributed by atoms with Crippen LogP contribution < -0.4 is 5.73 Å². The van der Waals surface area contributed by atoms with Crippen LogP contribution in [-0.4, -0.2) is 39.3 Å². The highest BCUT2D eigenvalue weighted by atomic mass is 15.3. The number of benzene rings is 1. The fraction of sp³-hybridized carbons (Fsp3) is 0.579. The minimum atomic E-state index is 0.358. The van der Waals surface area contributed by atoms with Gasteiger partial charge in [-0.25, -0.2) is 0 Å². The molecule has 0 bridgehead atoms. The number of likely N-dealkylation sites (N-methyl/N-ethyl adjacent to an activating group) is 1. The van der Waals surface area contributed by atoms with E-state index in [-0.39, 0.29) is 0 Å².